The Morgan fingerprint density at radius 2 is 2.11 bits per heavy atom. The molecule has 0 aromatic carbocycles. The highest BCUT2D eigenvalue weighted by Gasteiger charge is 2.07. The molecule has 104 valence electrons. The molecule has 0 amide bonds. The summed E-state index contributed by atoms with van der Waals surface area (Å²) in [7, 11) is 0. The van der Waals surface area contributed by atoms with E-state index in [4.69, 9.17) is 11.6 Å². The minimum absolute atomic E-state index is 0.590. The minimum Gasteiger partial charge on any atom is -0.232 e. The number of fused-ring (bicyclic) bond motifs is 1. The van der Waals surface area contributed by atoms with Crippen LogP contribution in [0.5, 0.6) is 0 Å². The highest BCUT2D eigenvalue weighted by molar-refractivity contribution is 9.10. The van der Waals surface area contributed by atoms with Gasteiger partial charge in [-0.1, -0.05) is 51.1 Å². The molecule has 3 nitrogen and oxygen atoms in total. The summed E-state index contributed by atoms with van der Waals surface area (Å²) in [5, 5.41) is 4.66. The Labute approximate surface area is 127 Å². The van der Waals surface area contributed by atoms with E-state index in [0.717, 1.165) is 28.2 Å². The van der Waals surface area contributed by atoms with Gasteiger partial charge in [0, 0.05) is 5.69 Å². The second-order valence-electron chi connectivity index (χ2n) is 5.04. The summed E-state index contributed by atoms with van der Waals surface area (Å²) in [6.07, 6.45) is 8.50. The van der Waals surface area contributed by atoms with Crippen molar-refractivity contribution >= 4 is 33.2 Å². The Morgan fingerprint density at radius 3 is 2.63 bits per heavy atom. The summed E-state index contributed by atoms with van der Waals surface area (Å²) >= 11 is 9.35. The highest BCUT2D eigenvalue weighted by atomic mass is 79.9. The van der Waals surface area contributed by atoms with Gasteiger partial charge in [-0.15, -0.1) is 0 Å². The van der Waals surface area contributed by atoms with Crippen LogP contribution in [0.1, 0.15) is 45.2 Å². The molecular weight excluding hydrogens is 326 g/mol. The summed E-state index contributed by atoms with van der Waals surface area (Å²) in [4.78, 5) is 4.38. The van der Waals surface area contributed by atoms with E-state index in [2.05, 4.69) is 32.9 Å². The van der Waals surface area contributed by atoms with Crippen molar-refractivity contribution in [3.8, 4) is 0 Å². The van der Waals surface area contributed by atoms with Gasteiger partial charge in [0.15, 0.2) is 5.65 Å². The number of hydrogen-bond donors (Lipinski definition) is 0. The molecule has 0 spiro atoms. The van der Waals surface area contributed by atoms with Crippen molar-refractivity contribution in [2.45, 2.75) is 46.0 Å². The van der Waals surface area contributed by atoms with Gasteiger partial charge in [0.2, 0.25) is 0 Å². The lowest BCUT2D eigenvalue weighted by Crippen LogP contribution is -1.96. The first-order valence-electron chi connectivity index (χ1n) is 6.80. The van der Waals surface area contributed by atoms with Gasteiger partial charge < -0.3 is 0 Å². The molecule has 3 rings (SSSR count). The normalized spacial score (nSPS) is 15.6. The summed E-state index contributed by atoms with van der Waals surface area (Å²) in [6, 6.07) is 1.83. The summed E-state index contributed by atoms with van der Waals surface area (Å²) in [5.41, 5.74) is 1.74. The van der Waals surface area contributed by atoms with E-state index in [1.165, 1.54) is 25.7 Å². The molecule has 0 saturated heterocycles. The van der Waals surface area contributed by atoms with Crippen molar-refractivity contribution in [2.24, 2.45) is 5.92 Å². The Kier molecular flexibility index (Phi) is 5.22. The van der Waals surface area contributed by atoms with Crippen molar-refractivity contribution in [3.63, 3.8) is 0 Å². The maximum absolute atomic E-state index is 5.99. The predicted molar refractivity (Wildman–Crippen MR) is 82.7 cm³/mol. The maximum Gasteiger partial charge on any atom is 0.171 e. The van der Waals surface area contributed by atoms with E-state index in [1.807, 2.05) is 13.0 Å². The average Bonchev–Trinajstić information content (AvgIpc) is 3.00. The van der Waals surface area contributed by atoms with Crippen LogP contribution in [0.25, 0.3) is 5.65 Å². The smallest absolute Gasteiger partial charge is 0.171 e. The van der Waals surface area contributed by atoms with Crippen LogP contribution < -0.4 is 0 Å². The summed E-state index contributed by atoms with van der Waals surface area (Å²) < 4.78 is 2.47. The number of nitrogens with zero attached hydrogens (tertiary/aromatic N) is 3. The molecular formula is C14H19BrClN3. The lowest BCUT2D eigenvalue weighted by molar-refractivity contribution is 0.612. The van der Waals surface area contributed by atoms with E-state index < -0.39 is 0 Å². The fourth-order valence-corrected chi connectivity index (χ4v) is 2.85. The molecule has 2 aromatic rings. The SMILES string of the molecule is CC1CCCC1.CCc1cc(Cl)n2ncc(Br)c2n1. The molecule has 1 aliphatic carbocycles. The van der Waals surface area contributed by atoms with Crippen molar-refractivity contribution in [2.75, 3.05) is 0 Å². The minimum atomic E-state index is 0.590. The number of aromatic nitrogens is 3. The lowest BCUT2D eigenvalue weighted by Gasteiger charge is -2.00. The van der Waals surface area contributed by atoms with Crippen LogP contribution in [0.4, 0.5) is 0 Å². The van der Waals surface area contributed by atoms with E-state index >= 15 is 0 Å². The third-order valence-electron chi connectivity index (χ3n) is 3.44. The Balaban J connectivity index is 0.000000186. The number of rotatable bonds is 1. The molecule has 0 bridgehead atoms. The van der Waals surface area contributed by atoms with Gasteiger partial charge in [-0.05, 0) is 34.3 Å². The first kappa shape index (κ1) is 14.8. The molecule has 0 aliphatic heterocycles. The Bertz CT molecular complexity index is 547. The van der Waals surface area contributed by atoms with Crippen LogP contribution in [0.2, 0.25) is 5.15 Å². The third kappa shape index (κ3) is 3.69. The van der Waals surface area contributed by atoms with Gasteiger partial charge in [0.1, 0.15) is 5.15 Å². The third-order valence-corrected chi connectivity index (χ3v) is 4.27. The largest absolute Gasteiger partial charge is 0.232 e. The van der Waals surface area contributed by atoms with Crippen molar-refractivity contribution < 1.29 is 0 Å². The second kappa shape index (κ2) is 6.71. The molecule has 0 unspecified atom stereocenters. The highest BCUT2D eigenvalue weighted by Crippen LogP contribution is 2.23. The van der Waals surface area contributed by atoms with Crippen LogP contribution in [0.15, 0.2) is 16.7 Å². The van der Waals surface area contributed by atoms with Crippen LogP contribution in [-0.2, 0) is 6.42 Å². The lowest BCUT2D eigenvalue weighted by atomic mass is 10.2. The van der Waals surface area contributed by atoms with Gasteiger partial charge >= 0.3 is 0 Å². The summed E-state index contributed by atoms with van der Waals surface area (Å²) in [6.45, 7) is 4.38. The Morgan fingerprint density at radius 1 is 1.42 bits per heavy atom. The van der Waals surface area contributed by atoms with Crippen LogP contribution in [0, 0.1) is 5.92 Å². The number of halogens is 2. The van der Waals surface area contributed by atoms with Gasteiger partial charge in [0.25, 0.3) is 0 Å². The van der Waals surface area contributed by atoms with E-state index in [1.54, 1.807) is 10.7 Å². The molecule has 0 radical (unpaired) electrons. The molecule has 19 heavy (non-hydrogen) atoms. The zero-order valence-electron chi connectivity index (χ0n) is 11.4. The summed E-state index contributed by atoms with van der Waals surface area (Å²) in [5.74, 6) is 1.05. The van der Waals surface area contributed by atoms with Crippen LogP contribution in [-0.4, -0.2) is 14.6 Å². The predicted octanol–water partition coefficient (Wildman–Crippen LogP) is 4.90. The fraction of sp³-hybridized carbons (Fsp3) is 0.571. The van der Waals surface area contributed by atoms with E-state index in [-0.39, 0.29) is 0 Å². The number of aryl methyl sites for hydroxylation is 1. The molecule has 1 fully saturated rings. The molecule has 5 heteroatoms. The topological polar surface area (TPSA) is 30.2 Å². The molecule has 1 aliphatic rings. The van der Waals surface area contributed by atoms with Crippen LogP contribution in [0.3, 0.4) is 0 Å². The Hall–Kier alpha value is -0.610. The monoisotopic (exact) mass is 343 g/mol. The molecule has 0 atom stereocenters. The molecule has 2 aromatic heterocycles. The van der Waals surface area contributed by atoms with Crippen LogP contribution >= 0.6 is 27.5 Å². The van der Waals surface area contributed by atoms with Crippen molar-refractivity contribution in [3.05, 3.63) is 27.6 Å². The first-order chi connectivity index (χ1) is 9.11. The second-order valence-corrected chi connectivity index (χ2v) is 6.28. The zero-order valence-corrected chi connectivity index (χ0v) is 13.7. The fourth-order valence-electron chi connectivity index (χ4n) is 2.26. The molecule has 2 heterocycles. The number of hydrogen-bond acceptors (Lipinski definition) is 2. The van der Waals surface area contributed by atoms with Crippen molar-refractivity contribution in [1.82, 2.24) is 14.6 Å². The van der Waals surface area contributed by atoms with E-state index in [0.29, 0.717) is 5.15 Å². The quantitative estimate of drug-likeness (QED) is 0.688. The standard InChI is InChI=1S/C8H7BrClN3.C6H12/c1-2-5-3-7(10)13-8(12-5)6(9)4-11-13;1-6-4-2-3-5-6/h3-4H,2H2,1H3;6H,2-5H2,1H3. The average molecular weight is 345 g/mol. The maximum atomic E-state index is 5.99. The molecule has 0 N–H and O–H groups in total. The van der Waals surface area contributed by atoms with Gasteiger partial charge in [-0.3, -0.25) is 0 Å². The zero-order chi connectivity index (χ0) is 13.8. The van der Waals surface area contributed by atoms with Crippen molar-refractivity contribution in [1.29, 1.82) is 0 Å². The molecule has 1 saturated carbocycles. The first-order valence-corrected chi connectivity index (χ1v) is 7.97. The van der Waals surface area contributed by atoms with Gasteiger partial charge in [-0.25, -0.2) is 9.50 Å². The van der Waals surface area contributed by atoms with Gasteiger partial charge in [-0.2, -0.15) is 5.10 Å². The van der Waals surface area contributed by atoms with E-state index in [9.17, 15) is 0 Å². The van der Waals surface area contributed by atoms with Gasteiger partial charge in [0.05, 0.1) is 10.7 Å².